The number of piperidine rings is 1. The average Bonchev–Trinajstić information content (AvgIpc) is 2.54. The number of anilines is 2. The molecule has 0 unspecified atom stereocenters. The molecule has 0 bridgehead atoms. The Morgan fingerprint density at radius 3 is 2.38 bits per heavy atom. The maximum absolute atomic E-state index is 13.0. The van der Waals surface area contributed by atoms with Crippen LogP contribution in [0.15, 0.2) is 18.2 Å². The highest BCUT2D eigenvalue weighted by Crippen LogP contribution is 2.26. The fourth-order valence-corrected chi connectivity index (χ4v) is 2.84. The molecule has 2 amide bonds. The molecule has 0 saturated carbocycles. The Hall–Kier alpha value is -2.04. The van der Waals surface area contributed by atoms with E-state index >= 15 is 0 Å². The number of hydrogen-bond acceptors (Lipinski definition) is 3. The Morgan fingerprint density at radius 2 is 1.83 bits per heavy atom. The van der Waals surface area contributed by atoms with Crippen LogP contribution in [0.5, 0.6) is 0 Å². The number of carbonyl (C=O) groups is 2. The Balaban J connectivity index is 2.27. The maximum atomic E-state index is 13.0. The molecule has 5 nitrogen and oxygen atoms in total. The molecule has 1 saturated heterocycles. The van der Waals surface area contributed by atoms with E-state index in [1.54, 1.807) is 6.07 Å². The predicted molar refractivity (Wildman–Crippen MR) is 98.5 cm³/mol. The van der Waals surface area contributed by atoms with Crippen LogP contribution in [-0.2, 0) is 4.79 Å². The van der Waals surface area contributed by atoms with Gasteiger partial charge in [0.15, 0.2) is 0 Å². The van der Waals surface area contributed by atoms with Gasteiger partial charge in [-0.3, -0.25) is 9.59 Å². The zero-order valence-corrected chi connectivity index (χ0v) is 15.4. The van der Waals surface area contributed by atoms with Gasteiger partial charge in [-0.25, -0.2) is 0 Å². The van der Waals surface area contributed by atoms with Gasteiger partial charge >= 0.3 is 0 Å². The van der Waals surface area contributed by atoms with E-state index in [9.17, 15) is 9.59 Å². The molecule has 0 atom stereocenters. The fourth-order valence-electron chi connectivity index (χ4n) is 2.84. The van der Waals surface area contributed by atoms with Crippen LogP contribution in [0.25, 0.3) is 0 Å². The third-order valence-electron chi connectivity index (χ3n) is 4.57. The Labute approximate surface area is 145 Å². The van der Waals surface area contributed by atoms with E-state index in [0.29, 0.717) is 17.2 Å². The first kappa shape index (κ1) is 18.3. The first-order valence-electron chi connectivity index (χ1n) is 8.71. The number of nitrogens with zero attached hydrogens (tertiary/aromatic N) is 2. The molecule has 1 aliphatic heterocycles. The van der Waals surface area contributed by atoms with Gasteiger partial charge in [0.25, 0.3) is 5.91 Å². The molecular formula is C19H29N3O2. The van der Waals surface area contributed by atoms with Crippen LogP contribution in [0, 0.1) is 11.8 Å². The van der Waals surface area contributed by atoms with Crippen molar-refractivity contribution in [1.29, 1.82) is 0 Å². The van der Waals surface area contributed by atoms with Gasteiger partial charge in [-0.15, -0.1) is 0 Å². The van der Waals surface area contributed by atoms with Crippen molar-refractivity contribution in [2.24, 2.45) is 11.8 Å². The highest BCUT2D eigenvalue weighted by Gasteiger charge is 2.24. The Morgan fingerprint density at radius 1 is 1.21 bits per heavy atom. The highest BCUT2D eigenvalue weighted by molar-refractivity contribution is 6.02. The van der Waals surface area contributed by atoms with Gasteiger partial charge in [0.1, 0.15) is 0 Å². The van der Waals surface area contributed by atoms with Crippen LogP contribution in [0.1, 0.15) is 44.0 Å². The molecule has 132 valence electrons. The molecule has 1 fully saturated rings. The lowest BCUT2D eigenvalue weighted by Crippen LogP contribution is -2.38. The van der Waals surface area contributed by atoms with Crippen molar-refractivity contribution in [3.05, 3.63) is 23.8 Å². The molecule has 0 aliphatic carbocycles. The number of rotatable bonds is 4. The monoisotopic (exact) mass is 331 g/mol. The predicted octanol–water partition coefficient (Wildman–Crippen LogP) is 3.22. The van der Waals surface area contributed by atoms with Crippen LogP contribution in [-0.4, -0.2) is 43.9 Å². The Kier molecular flexibility index (Phi) is 5.86. The fraction of sp³-hybridized carbons (Fsp3) is 0.579. The lowest BCUT2D eigenvalue weighted by Gasteiger charge is -2.31. The minimum Gasteiger partial charge on any atom is -0.377 e. The maximum Gasteiger partial charge on any atom is 0.256 e. The van der Waals surface area contributed by atoms with Crippen LogP contribution < -0.4 is 10.2 Å². The van der Waals surface area contributed by atoms with Crippen LogP contribution >= 0.6 is 0 Å². The Bertz CT molecular complexity index is 603. The van der Waals surface area contributed by atoms with E-state index in [0.717, 1.165) is 31.6 Å². The van der Waals surface area contributed by atoms with Crippen molar-refractivity contribution in [2.45, 2.75) is 33.6 Å². The van der Waals surface area contributed by atoms with Crippen molar-refractivity contribution in [2.75, 3.05) is 37.4 Å². The number of hydrogen-bond donors (Lipinski definition) is 1. The van der Waals surface area contributed by atoms with Crippen molar-refractivity contribution < 1.29 is 9.59 Å². The zero-order valence-electron chi connectivity index (χ0n) is 15.4. The molecule has 1 aromatic rings. The summed E-state index contributed by atoms with van der Waals surface area (Å²) in [5.74, 6) is 0.587. The summed E-state index contributed by atoms with van der Waals surface area (Å²) in [6.45, 7) is 7.54. The summed E-state index contributed by atoms with van der Waals surface area (Å²) < 4.78 is 0. The average molecular weight is 331 g/mol. The summed E-state index contributed by atoms with van der Waals surface area (Å²) in [6.07, 6.45) is 2.10. The van der Waals surface area contributed by atoms with E-state index in [-0.39, 0.29) is 17.7 Å². The molecule has 1 N–H and O–H groups in total. The van der Waals surface area contributed by atoms with E-state index < -0.39 is 0 Å². The van der Waals surface area contributed by atoms with Crippen molar-refractivity contribution in [3.63, 3.8) is 0 Å². The first-order valence-corrected chi connectivity index (χ1v) is 8.71. The molecule has 1 aromatic carbocycles. The summed E-state index contributed by atoms with van der Waals surface area (Å²) >= 11 is 0. The van der Waals surface area contributed by atoms with Gasteiger partial charge in [0, 0.05) is 44.5 Å². The topological polar surface area (TPSA) is 52.7 Å². The normalized spacial score (nSPS) is 15.5. The third-order valence-corrected chi connectivity index (χ3v) is 4.57. The lowest BCUT2D eigenvalue weighted by atomic mass is 9.98. The molecule has 24 heavy (non-hydrogen) atoms. The molecule has 1 heterocycles. The third kappa shape index (κ3) is 4.28. The number of likely N-dealkylation sites (tertiary alicyclic amines) is 1. The van der Waals surface area contributed by atoms with Crippen molar-refractivity contribution in [1.82, 2.24) is 4.90 Å². The molecule has 0 radical (unpaired) electrons. The highest BCUT2D eigenvalue weighted by atomic mass is 16.2. The van der Waals surface area contributed by atoms with Gasteiger partial charge < -0.3 is 15.1 Å². The second-order valence-corrected chi connectivity index (χ2v) is 7.25. The van der Waals surface area contributed by atoms with Crippen LogP contribution in [0.4, 0.5) is 11.4 Å². The minimum atomic E-state index is -0.0961. The molecule has 0 spiro atoms. The van der Waals surface area contributed by atoms with Gasteiger partial charge in [0.05, 0.1) is 5.56 Å². The number of benzene rings is 1. The molecule has 2 rings (SSSR count). The van der Waals surface area contributed by atoms with Crippen LogP contribution in [0.3, 0.4) is 0 Å². The summed E-state index contributed by atoms with van der Waals surface area (Å²) in [4.78, 5) is 28.8. The summed E-state index contributed by atoms with van der Waals surface area (Å²) in [6, 6.07) is 5.55. The van der Waals surface area contributed by atoms with E-state index in [4.69, 9.17) is 0 Å². The molecule has 1 aliphatic rings. The largest absolute Gasteiger partial charge is 0.377 e. The summed E-state index contributed by atoms with van der Waals surface area (Å²) in [7, 11) is 3.85. The first-order chi connectivity index (χ1) is 11.3. The van der Waals surface area contributed by atoms with E-state index in [1.165, 1.54) is 0 Å². The molecule has 0 aromatic heterocycles. The quantitative estimate of drug-likeness (QED) is 0.921. The minimum absolute atomic E-state index is 0.0437. The lowest BCUT2D eigenvalue weighted by molar-refractivity contribution is -0.118. The smallest absolute Gasteiger partial charge is 0.256 e. The van der Waals surface area contributed by atoms with Crippen molar-refractivity contribution >= 4 is 23.2 Å². The number of nitrogens with one attached hydrogen (secondary N) is 1. The van der Waals surface area contributed by atoms with E-state index in [2.05, 4.69) is 12.2 Å². The van der Waals surface area contributed by atoms with Gasteiger partial charge in [-0.05, 0) is 37.0 Å². The van der Waals surface area contributed by atoms with Gasteiger partial charge in [-0.1, -0.05) is 20.8 Å². The summed E-state index contributed by atoms with van der Waals surface area (Å²) in [5.41, 5.74) is 2.20. The SMILES string of the molecule is CC1CCN(C(=O)c2cc(NC(=O)C(C)C)ccc2N(C)C)CC1. The standard InChI is InChI=1S/C19H29N3O2/c1-13(2)18(23)20-15-6-7-17(21(4)5)16(12-15)19(24)22-10-8-14(3)9-11-22/h6-7,12-14H,8-11H2,1-5H3,(H,20,23). The van der Waals surface area contributed by atoms with Gasteiger partial charge in [-0.2, -0.15) is 0 Å². The summed E-state index contributed by atoms with van der Waals surface area (Å²) in [5, 5.41) is 2.88. The van der Waals surface area contributed by atoms with Crippen molar-refractivity contribution in [3.8, 4) is 0 Å². The second-order valence-electron chi connectivity index (χ2n) is 7.25. The number of carbonyl (C=O) groups excluding carboxylic acids is 2. The number of amides is 2. The zero-order chi connectivity index (χ0) is 17.9. The molecule has 5 heteroatoms. The van der Waals surface area contributed by atoms with E-state index in [1.807, 2.05) is 49.9 Å². The second kappa shape index (κ2) is 7.69. The molecular weight excluding hydrogens is 302 g/mol. The van der Waals surface area contributed by atoms with Gasteiger partial charge in [0.2, 0.25) is 5.91 Å². The van der Waals surface area contributed by atoms with Crippen LogP contribution in [0.2, 0.25) is 0 Å².